The highest BCUT2D eigenvalue weighted by atomic mass is 79.9. The van der Waals surface area contributed by atoms with Crippen molar-refractivity contribution in [2.24, 2.45) is 7.05 Å². The Balaban J connectivity index is 2.17. The molecule has 1 aromatic heterocycles. The number of hydrogen-bond acceptors (Lipinski definition) is 2. The van der Waals surface area contributed by atoms with E-state index >= 15 is 0 Å². The molecule has 82 valence electrons. The van der Waals surface area contributed by atoms with Gasteiger partial charge in [-0.1, -0.05) is 0 Å². The van der Waals surface area contributed by atoms with Crippen LogP contribution in [0.2, 0.25) is 0 Å². The number of hydrogen-bond donors (Lipinski definition) is 1. The molecule has 1 aliphatic heterocycles. The Kier molecular flexibility index (Phi) is 2.68. The molecular formula is C9H12BrN3O2. The molecule has 1 aliphatic rings. The summed E-state index contributed by atoms with van der Waals surface area (Å²) in [5, 5.41) is 13.0. The fourth-order valence-corrected chi connectivity index (χ4v) is 2.71. The number of carboxylic acid groups (broad SMARTS) is 1. The molecule has 0 radical (unpaired) electrons. The molecular weight excluding hydrogens is 262 g/mol. The van der Waals surface area contributed by atoms with Crippen molar-refractivity contribution in [1.29, 1.82) is 0 Å². The zero-order valence-electron chi connectivity index (χ0n) is 8.35. The van der Waals surface area contributed by atoms with E-state index < -0.39 is 6.09 Å². The van der Waals surface area contributed by atoms with Crippen molar-refractivity contribution in [2.45, 2.75) is 12.3 Å². The van der Waals surface area contributed by atoms with E-state index in [2.05, 4.69) is 21.0 Å². The van der Waals surface area contributed by atoms with Gasteiger partial charge in [-0.05, 0) is 22.4 Å². The Bertz CT molecular complexity index is 371. The van der Waals surface area contributed by atoms with Crippen molar-refractivity contribution in [3.05, 3.63) is 16.4 Å². The molecule has 1 fully saturated rings. The predicted molar refractivity (Wildman–Crippen MR) is 57.9 cm³/mol. The molecule has 1 saturated heterocycles. The number of aryl methyl sites for hydroxylation is 1. The van der Waals surface area contributed by atoms with Gasteiger partial charge in [0, 0.05) is 26.1 Å². The highest BCUT2D eigenvalue weighted by molar-refractivity contribution is 9.10. The third kappa shape index (κ3) is 1.86. The lowest BCUT2D eigenvalue weighted by Crippen LogP contribution is -2.26. The zero-order valence-corrected chi connectivity index (χ0v) is 9.94. The summed E-state index contributed by atoms with van der Waals surface area (Å²) < 4.78 is 2.77. The van der Waals surface area contributed by atoms with Crippen molar-refractivity contribution < 1.29 is 9.90 Å². The molecule has 2 rings (SSSR count). The number of nitrogens with zero attached hydrogens (tertiary/aromatic N) is 3. The molecule has 0 bridgehead atoms. The fraction of sp³-hybridized carbons (Fsp3) is 0.556. The number of aromatic nitrogens is 2. The van der Waals surface area contributed by atoms with Crippen LogP contribution in [0.3, 0.4) is 0 Å². The summed E-state index contributed by atoms with van der Waals surface area (Å²) >= 11 is 3.43. The van der Waals surface area contributed by atoms with Crippen LogP contribution in [0.5, 0.6) is 0 Å². The van der Waals surface area contributed by atoms with Crippen LogP contribution in [-0.2, 0) is 7.05 Å². The van der Waals surface area contributed by atoms with Crippen molar-refractivity contribution in [3.63, 3.8) is 0 Å². The lowest BCUT2D eigenvalue weighted by atomic mass is 10.1. The average molecular weight is 274 g/mol. The van der Waals surface area contributed by atoms with E-state index in [9.17, 15) is 4.79 Å². The number of likely N-dealkylation sites (tertiary alicyclic amines) is 1. The third-order valence-corrected chi connectivity index (χ3v) is 3.39. The second-order valence-electron chi connectivity index (χ2n) is 3.72. The summed E-state index contributed by atoms with van der Waals surface area (Å²) in [6.07, 6.45) is 1.78. The number of carbonyl (C=O) groups is 1. The molecule has 0 aromatic carbocycles. The first kappa shape index (κ1) is 10.5. The molecule has 15 heavy (non-hydrogen) atoms. The van der Waals surface area contributed by atoms with Gasteiger partial charge in [0.25, 0.3) is 0 Å². The molecule has 5 nitrogen and oxygen atoms in total. The molecule has 1 N–H and O–H groups in total. The first-order valence-electron chi connectivity index (χ1n) is 4.75. The van der Waals surface area contributed by atoms with Gasteiger partial charge in [0.15, 0.2) is 0 Å². The number of amides is 1. The van der Waals surface area contributed by atoms with Crippen LogP contribution >= 0.6 is 15.9 Å². The van der Waals surface area contributed by atoms with Gasteiger partial charge < -0.3 is 10.0 Å². The molecule has 1 aromatic rings. The zero-order chi connectivity index (χ0) is 11.0. The lowest BCUT2D eigenvalue weighted by Gasteiger charge is -2.13. The summed E-state index contributed by atoms with van der Waals surface area (Å²) in [4.78, 5) is 12.2. The Morgan fingerprint density at radius 3 is 2.93 bits per heavy atom. The minimum Gasteiger partial charge on any atom is -0.465 e. The van der Waals surface area contributed by atoms with Crippen molar-refractivity contribution in [1.82, 2.24) is 14.7 Å². The maximum atomic E-state index is 10.8. The lowest BCUT2D eigenvalue weighted by molar-refractivity contribution is 0.155. The SMILES string of the molecule is Cn1ncc(Br)c1C1CCN(C(=O)O)C1. The largest absolute Gasteiger partial charge is 0.465 e. The second kappa shape index (κ2) is 3.84. The van der Waals surface area contributed by atoms with E-state index in [1.165, 1.54) is 4.90 Å². The van der Waals surface area contributed by atoms with E-state index in [-0.39, 0.29) is 5.92 Å². The van der Waals surface area contributed by atoms with E-state index in [4.69, 9.17) is 5.11 Å². The van der Waals surface area contributed by atoms with E-state index in [1.807, 2.05) is 7.05 Å². The first-order valence-corrected chi connectivity index (χ1v) is 5.54. The van der Waals surface area contributed by atoms with Gasteiger partial charge in [0.2, 0.25) is 0 Å². The third-order valence-electron chi connectivity index (χ3n) is 2.78. The normalized spacial score (nSPS) is 20.9. The van der Waals surface area contributed by atoms with Crippen LogP contribution in [0.25, 0.3) is 0 Å². The van der Waals surface area contributed by atoms with Crippen molar-refractivity contribution in [2.75, 3.05) is 13.1 Å². The van der Waals surface area contributed by atoms with Crippen LogP contribution in [0.1, 0.15) is 18.0 Å². The Morgan fingerprint density at radius 1 is 1.73 bits per heavy atom. The Labute approximate surface area is 95.8 Å². The van der Waals surface area contributed by atoms with Crippen LogP contribution in [-0.4, -0.2) is 39.0 Å². The molecule has 1 atom stereocenters. The van der Waals surface area contributed by atoms with Gasteiger partial charge in [-0.25, -0.2) is 4.79 Å². The van der Waals surface area contributed by atoms with E-state index in [0.29, 0.717) is 13.1 Å². The summed E-state index contributed by atoms with van der Waals surface area (Å²) in [5.41, 5.74) is 1.08. The minimum atomic E-state index is -0.837. The monoisotopic (exact) mass is 273 g/mol. The van der Waals surface area contributed by atoms with Crippen LogP contribution in [0.15, 0.2) is 10.7 Å². The number of halogens is 1. The highest BCUT2D eigenvalue weighted by Gasteiger charge is 2.30. The maximum absolute atomic E-state index is 10.8. The smallest absolute Gasteiger partial charge is 0.407 e. The maximum Gasteiger partial charge on any atom is 0.407 e. The molecule has 1 amide bonds. The van der Waals surface area contributed by atoms with Gasteiger partial charge in [-0.3, -0.25) is 4.68 Å². The molecule has 0 spiro atoms. The first-order chi connectivity index (χ1) is 7.09. The quantitative estimate of drug-likeness (QED) is 0.847. The molecule has 1 unspecified atom stereocenters. The van der Waals surface area contributed by atoms with Gasteiger partial charge in [0.05, 0.1) is 16.4 Å². The van der Waals surface area contributed by atoms with E-state index in [1.54, 1.807) is 10.9 Å². The number of rotatable bonds is 1. The van der Waals surface area contributed by atoms with Crippen molar-refractivity contribution in [3.8, 4) is 0 Å². The summed E-state index contributed by atoms with van der Waals surface area (Å²) in [6, 6.07) is 0. The Hall–Kier alpha value is -1.04. The van der Waals surface area contributed by atoms with Crippen LogP contribution < -0.4 is 0 Å². The molecule has 6 heteroatoms. The minimum absolute atomic E-state index is 0.253. The summed E-state index contributed by atoms with van der Waals surface area (Å²) in [6.45, 7) is 1.17. The topological polar surface area (TPSA) is 58.4 Å². The molecule has 0 saturated carbocycles. The van der Waals surface area contributed by atoms with Gasteiger partial charge >= 0.3 is 6.09 Å². The fourth-order valence-electron chi connectivity index (χ4n) is 2.04. The molecule has 2 heterocycles. The summed E-state index contributed by atoms with van der Waals surface area (Å²) in [7, 11) is 1.88. The van der Waals surface area contributed by atoms with Gasteiger partial charge in [0.1, 0.15) is 0 Å². The predicted octanol–water partition coefficient (Wildman–Crippen LogP) is 1.65. The second-order valence-corrected chi connectivity index (χ2v) is 4.57. The average Bonchev–Trinajstić information content (AvgIpc) is 2.73. The van der Waals surface area contributed by atoms with Crippen LogP contribution in [0.4, 0.5) is 4.79 Å². The van der Waals surface area contributed by atoms with Gasteiger partial charge in [-0.15, -0.1) is 0 Å². The standard InChI is InChI=1S/C9H12BrN3O2/c1-12-8(7(10)4-11-12)6-2-3-13(5-6)9(14)15/h4,6H,2-3,5H2,1H3,(H,14,15). The highest BCUT2D eigenvalue weighted by Crippen LogP contribution is 2.31. The van der Waals surface area contributed by atoms with Crippen LogP contribution in [0, 0.1) is 0 Å². The van der Waals surface area contributed by atoms with E-state index in [0.717, 1.165) is 16.6 Å². The van der Waals surface area contributed by atoms with Gasteiger partial charge in [-0.2, -0.15) is 5.10 Å². The summed E-state index contributed by atoms with van der Waals surface area (Å²) in [5.74, 6) is 0.253. The molecule has 0 aliphatic carbocycles. The van der Waals surface area contributed by atoms with Crippen molar-refractivity contribution >= 4 is 22.0 Å². The Morgan fingerprint density at radius 2 is 2.47 bits per heavy atom.